The quantitative estimate of drug-likeness (QED) is 0.769. The molecule has 3 rings (SSSR count). The van der Waals surface area contributed by atoms with Crippen molar-refractivity contribution in [2.75, 3.05) is 59.2 Å². The molecule has 0 bridgehead atoms. The second-order valence-electron chi connectivity index (χ2n) is 7.78. The van der Waals surface area contributed by atoms with E-state index in [0.717, 1.165) is 77.7 Å². The Kier molecular flexibility index (Phi) is 7.32. The molecule has 0 aromatic heterocycles. The maximum absolute atomic E-state index is 9.82. The van der Waals surface area contributed by atoms with Crippen LogP contribution in [0.5, 0.6) is 5.75 Å². The highest BCUT2D eigenvalue weighted by atomic mass is 16.5. The Morgan fingerprint density at radius 3 is 2.81 bits per heavy atom. The Morgan fingerprint density at radius 1 is 1.19 bits per heavy atom. The van der Waals surface area contributed by atoms with Crippen LogP contribution in [0.15, 0.2) is 24.3 Å². The van der Waals surface area contributed by atoms with Crippen LogP contribution in [0.3, 0.4) is 0 Å². The van der Waals surface area contributed by atoms with Gasteiger partial charge < -0.3 is 14.6 Å². The number of nitrogens with zero attached hydrogens (tertiary/aromatic N) is 2. The minimum Gasteiger partial charge on any atom is -0.492 e. The van der Waals surface area contributed by atoms with Crippen molar-refractivity contribution in [1.82, 2.24) is 9.80 Å². The van der Waals surface area contributed by atoms with Gasteiger partial charge in [0.05, 0.1) is 13.2 Å². The fraction of sp³-hybridized carbons (Fsp3) is 0.714. The molecule has 1 aromatic rings. The summed E-state index contributed by atoms with van der Waals surface area (Å²) in [5.74, 6) is 0.955. The van der Waals surface area contributed by atoms with Gasteiger partial charge in [-0.3, -0.25) is 9.80 Å². The van der Waals surface area contributed by atoms with Crippen LogP contribution in [0.1, 0.15) is 31.7 Å². The molecule has 0 amide bonds. The second kappa shape index (κ2) is 9.70. The van der Waals surface area contributed by atoms with Gasteiger partial charge in [-0.15, -0.1) is 0 Å². The number of rotatable bonds is 8. The van der Waals surface area contributed by atoms with Gasteiger partial charge in [-0.05, 0) is 43.5 Å². The summed E-state index contributed by atoms with van der Waals surface area (Å²) in [6.07, 6.45) is 3.36. The molecule has 0 spiro atoms. The van der Waals surface area contributed by atoms with Gasteiger partial charge in [-0.1, -0.05) is 19.1 Å². The molecule has 1 aromatic carbocycles. The van der Waals surface area contributed by atoms with Crippen molar-refractivity contribution in [3.05, 3.63) is 29.8 Å². The number of aliphatic hydroxyl groups excluding tert-OH is 1. The number of aliphatic hydroxyl groups is 1. The number of benzene rings is 1. The van der Waals surface area contributed by atoms with Crippen LogP contribution in [-0.4, -0.2) is 74.1 Å². The fourth-order valence-electron chi connectivity index (χ4n) is 4.08. The third-order valence-electron chi connectivity index (χ3n) is 5.91. The maximum Gasteiger partial charge on any atom is 0.119 e. The second-order valence-corrected chi connectivity index (χ2v) is 7.78. The summed E-state index contributed by atoms with van der Waals surface area (Å²) < 4.78 is 11.4. The lowest BCUT2D eigenvalue weighted by molar-refractivity contribution is 0.0257. The molecule has 5 heteroatoms. The molecular formula is C21H34N2O3. The molecule has 1 unspecified atom stereocenters. The normalized spacial score (nSPS) is 25.3. The molecule has 0 aliphatic carbocycles. The van der Waals surface area contributed by atoms with Gasteiger partial charge >= 0.3 is 0 Å². The topological polar surface area (TPSA) is 45.2 Å². The standard InChI is InChI=1S/C21H34N2O3/c1-2-21(18-24)7-4-8-23(17-21)16-19-5-3-6-20(15-19)26-14-11-22-9-12-25-13-10-22/h3,5-6,15,24H,2,4,7-14,16-18H2,1H3. The number of morpholine rings is 1. The van der Waals surface area contributed by atoms with Gasteiger partial charge in [0.2, 0.25) is 0 Å². The van der Waals surface area contributed by atoms with E-state index in [1.54, 1.807) is 0 Å². The Labute approximate surface area is 157 Å². The van der Waals surface area contributed by atoms with Gasteiger partial charge in [-0.25, -0.2) is 0 Å². The summed E-state index contributed by atoms with van der Waals surface area (Å²) in [7, 11) is 0. The van der Waals surface area contributed by atoms with Gasteiger partial charge in [0, 0.05) is 44.7 Å². The molecule has 2 fully saturated rings. The van der Waals surface area contributed by atoms with E-state index >= 15 is 0 Å². The van der Waals surface area contributed by atoms with Gasteiger partial charge in [0.1, 0.15) is 12.4 Å². The lowest BCUT2D eigenvalue weighted by Crippen LogP contribution is -2.44. The summed E-state index contributed by atoms with van der Waals surface area (Å²) in [5, 5.41) is 9.82. The largest absolute Gasteiger partial charge is 0.492 e. The average Bonchev–Trinajstić information content (AvgIpc) is 2.69. The first-order valence-corrected chi connectivity index (χ1v) is 10.1. The monoisotopic (exact) mass is 362 g/mol. The minimum atomic E-state index is 0.0878. The Balaban J connectivity index is 1.49. The van der Waals surface area contributed by atoms with Crippen LogP contribution in [-0.2, 0) is 11.3 Å². The van der Waals surface area contributed by atoms with Crippen molar-refractivity contribution in [1.29, 1.82) is 0 Å². The molecule has 1 N–H and O–H groups in total. The summed E-state index contributed by atoms with van der Waals surface area (Å²) in [5.41, 5.74) is 1.38. The zero-order valence-electron chi connectivity index (χ0n) is 16.2. The van der Waals surface area contributed by atoms with Crippen molar-refractivity contribution in [2.45, 2.75) is 32.7 Å². The van der Waals surface area contributed by atoms with Crippen molar-refractivity contribution < 1.29 is 14.6 Å². The minimum absolute atomic E-state index is 0.0878. The van der Waals surface area contributed by atoms with Crippen molar-refractivity contribution in [3.8, 4) is 5.75 Å². The Bertz CT molecular complexity index is 542. The molecular weight excluding hydrogens is 328 g/mol. The average molecular weight is 363 g/mol. The summed E-state index contributed by atoms with van der Waals surface area (Å²) >= 11 is 0. The Hall–Kier alpha value is -1.14. The Morgan fingerprint density at radius 2 is 2.04 bits per heavy atom. The molecule has 146 valence electrons. The molecule has 2 aliphatic heterocycles. The molecule has 2 heterocycles. The highest BCUT2D eigenvalue weighted by molar-refractivity contribution is 5.28. The van der Waals surface area contributed by atoms with Crippen LogP contribution in [0.25, 0.3) is 0 Å². The van der Waals surface area contributed by atoms with Crippen LogP contribution in [0, 0.1) is 5.41 Å². The number of piperidine rings is 1. The van der Waals surface area contributed by atoms with Crippen LogP contribution in [0.4, 0.5) is 0 Å². The summed E-state index contributed by atoms with van der Waals surface area (Å²) in [6, 6.07) is 8.47. The molecule has 26 heavy (non-hydrogen) atoms. The smallest absolute Gasteiger partial charge is 0.119 e. The van der Waals surface area contributed by atoms with E-state index < -0.39 is 0 Å². The van der Waals surface area contributed by atoms with Crippen LogP contribution >= 0.6 is 0 Å². The molecule has 2 aliphatic rings. The number of likely N-dealkylation sites (tertiary alicyclic amines) is 1. The van der Waals surface area contributed by atoms with E-state index in [9.17, 15) is 5.11 Å². The lowest BCUT2D eigenvalue weighted by Gasteiger charge is -2.41. The SMILES string of the molecule is CCC1(CO)CCCN(Cc2cccc(OCCN3CCOCC3)c2)C1. The van der Waals surface area contributed by atoms with E-state index in [1.807, 2.05) is 6.07 Å². The molecule has 0 radical (unpaired) electrons. The van der Waals surface area contributed by atoms with Crippen molar-refractivity contribution in [2.24, 2.45) is 5.41 Å². The van der Waals surface area contributed by atoms with E-state index in [-0.39, 0.29) is 5.41 Å². The molecule has 2 saturated heterocycles. The predicted molar refractivity (Wildman–Crippen MR) is 104 cm³/mol. The molecule has 1 atom stereocenters. The fourth-order valence-corrected chi connectivity index (χ4v) is 4.08. The van der Waals surface area contributed by atoms with E-state index in [2.05, 4.69) is 34.9 Å². The van der Waals surface area contributed by atoms with Gasteiger partial charge in [0.15, 0.2) is 0 Å². The summed E-state index contributed by atoms with van der Waals surface area (Å²) in [6.45, 7) is 10.9. The van der Waals surface area contributed by atoms with Crippen LogP contribution in [0.2, 0.25) is 0 Å². The van der Waals surface area contributed by atoms with E-state index in [1.165, 1.54) is 12.0 Å². The zero-order valence-corrected chi connectivity index (χ0v) is 16.2. The lowest BCUT2D eigenvalue weighted by atomic mass is 9.78. The van der Waals surface area contributed by atoms with Crippen molar-refractivity contribution in [3.63, 3.8) is 0 Å². The van der Waals surface area contributed by atoms with Crippen molar-refractivity contribution >= 4 is 0 Å². The molecule has 0 saturated carbocycles. The van der Waals surface area contributed by atoms with E-state index in [4.69, 9.17) is 9.47 Å². The van der Waals surface area contributed by atoms with E-state index in [0.29, 0.717) is 6.61 Å². The van der Waals surface area contributed by atoms with Crippen LogP contribution < -0.4 is 4.74 Å². The highest BCUT2D eigenvalue weighted by Gasteiger charge is 2.33. The zero-order chi connectivity index (χ0) is 18.2. The molecule has 5 nitrogen and oxygen atoms in total. The number of hydrogen-bond acceptors (Lipinski definition) is 5. The first-order chi connectivity index (χ1) is 12.7. The third kappa shape index (κ3) is 5.43. The first kappa shape index (κ1) is 19.6. The number of hydrogen-bond donors (Lipinski definition) is 1. The first-order valence-electron chi connectivity index (χ1n) is 10.1. The summed E-state index contributed by atoms with van der Waals surface area (Å²) in [4.78, 5) is 4.87. The maximum atomic E-state index is 9.82. The highest BCUT2D eigenvalue weighted by Crippen LogP contribution is 2.33. The number of ether oxygens (including phenoxy) is 2. The van der Waals surface area contributed by atoms with Gasteiger partial charge in [-0.2, -0.15) is 0 Å². The predicted octanol–water partition coefficient (Wildman–Crippen LogP) is 2.38. The van der Waals surface area contributed by atoms with Gasteiger partial charge in [0.25, 0.3) is 0 Å². The third-order valence-corrected chi connectivity index (χ3v) is 5.91.